The minimum absolute atomic E-state index is 0.334. The molecule has 2 N–H and O–H groups in total. The summed E-state index contributed by atoms with van der Waals surface area (Å²) in [7, 11) is 0. The van der Waals surface area contributed by atoms with Gasteiger partial charge in [-0.05, 0) is 50.3 Å². The molecule has 1 aliphatic rings. The molecule has 4 nitrogen and oxygen atoms in total. The summed E-state index contributed by atoms with van der Waals surface area (Å²) in [6.45, 7) is 4.23. The highest BCUT2D eigenvalue weighted by atomic mass is 16.3. The number of aromatic nitrogens is 2. The molecular formula is C17H25N3O. The molecule has 2 aromatic rings. The Morgan fingerprint density at radius 1 is 1.29 bits per heavy atom. The van der Waals surface area contributed by atoms with Crippen LogP contribution in [0, 0.1) is 18.8 Å². The van der Waals surface area contributed by atoms with Crippen molar-refractivity contribution in [1.29, 1.82) is 0 Å². The predicted molar refractivity (Wildman–Crippen MR) is 84.2 cm³/mol. The Morgan fingerprint density at radius 3 is 2.90 bits per heavy atom. The van der Waals surface area contributed by atoms with E-state index in [1.807, 2.05) is 18.2 Å². The second-order valence-corrected chi connectivity index (χ2v) is 6.19. The number of fused-ring (bicyclic) bond motifs is 1. The minimum atomic E-state index is 0.334. The highest BCUT2D eigenvalue weighted by molar-refractivity contribution is 5.42. The lowest BCUT2D eigenvalue weighted by molar-refractivity contribution is 0.133. The summed E-state index contributed by atoms with van der Waals surface area (Å²) in [4.78, 5) is 4.59. The lowest BCUT2D eigenvalue weighted by Crippen LogP contribution is -2.32. The average molecular weight is 287 g/mol. The van der Waals surface area contributed by atoms with E-state index in [1.54, 1.807) is 0 Å². The van der Waals surface area contributed by atoms with Crippen LogP contribution in [0.4, 0.5) is 0 Å². The van der Waals surface area contributed by atoms with Crippen molar-refractivity contribution in [2.45, 2.75) is 39.2 Å². The highest BCUT2D eigenvalue weighted by Gasteiger charge is 2.24. The Labute approximate surface area is 126 Å². The summed E-state index contributed by atoms with van der Waals surface area (Å²) in [5, 5.41) is 13.1. The molecule has 0 radical (unpaired) electrons. The van der Waals surface area contributed by atoms with E-state index in [0.717, 1.165) is 24.4 Å². The zero-order valence-corrected chi connectivity index (χ0v) is 12.8. The maximum Gasteiger partial charge on any atom is 0.137 e. The van der Waals surface area contributed by atoms with Crippen molar-refractivity contribution in [2.24, 2.45) is 11.8 Å². The summed E-state index contributed by atoms with van der Waals surface area (Å²) in [6, 6.07) is 6.10. The van der Waals surface area contributed by atoms with E-state index >= 15 is 0 Å². The number of imidazole rings is 1. The number of nitrogens with zero attached hydrogens (tertiary/aromatic N) is 2. The van der Waals surface area contributed by atoms with Gasteiger partial charge in [-0.25, -0.2) is 4.98 Å². The number of nitrogens with one attached hydrogen (secondary N) is 1. The lowest BCUT2D eigenvalue weighted by atomic mass is 9.79. The fourth-order valence-electron chi connectivity index (χ4n) is 3.55. The molecule has 114 valence electrons. The Balaban J connectivity index is 1.63. The largest absolute Gasteiger partial charge is 0.396 e. The van der Waals surface area contributed by atoms with Gasteiger partial charge >= 0.3 is 0 Å². The van der Waals surface area contributed by atoms with Crippen LogP contribution in [0.25, 0.3) is 5.65 Å². The Bertz CT molecular complexity index is 593. The average Bonchev–Trinajstić information content (AvgIpc) is 2.84. The topological polar surface area (TPSA) is 49.6 Å². The summed E-state index contributed by atoms with van der Waals surface area (Å²) >= 11 is 0. The van der Waals surface area contributed by atoms with E-state index in [-0.39, 0.29) is 0 Å². The molecule has 3 rings (SSSR count). The minimum Gasteiger partial charge on any atom is -0.396 e. The van der Waals surface area contributed by atoms with Gasteiger partial charge in [0.25, 0.3) is 0 Å². The maximum absolute atomic E-state index is 9.49. The van der Waals surface area contributed by atoms with Crippen molar-refractivity contribution in [3.05, 3.63) is 35.8 Å². The van der Waals surface area contributed by atoms with Crippen LogP contribution < -0.4 is 5.32 Å². The number of rotatable bonds is 5. The van der Waals surface area contributed by atoms with Gasteiger partial charge in [-0.2, -0.15) is 0 Å². The van der Waals surface area contributed by atoms with E-state index in [0.29, 0.717) is 18.4 Å². The number of aliphatic hydroxyl groups excluding tert-OH is 1. The molecule has 2 heterocycles. The normalized spacial score (nSPS) is 22.8. The van der Waals surface area contributed by atoms with E-state index in [9.17, 15) is 5.11 Å². The predicted octanol–water partition coefficient (Wildman–Crippen LogP) is 2.53. The van der Waals surface area contributed by atoms with E-state index < -0.39 is 0 Å². The fourth-order valence-corrected chi connectivity index (χ4v) is 3.55. The van der Waals surface area contributed by atoms with Gasteiger partial charge in [0.15, 0.2) is 0 Å². The van der Waals surface area contributed by atoms with Gasteiger partial charge in [-0.15, -0.1) is 0 Å². The van der Waals surface area contributed by atoms with Crippen molar-refractivity contribution < 1.29 is 5.11 Å². The Hall–Kier alpha value is -1.39. The zero-order valence-electron chi connectivity index (χ0n) is 12.8. The van der Waals surface area contributed by atoms with Gasteiger partial charge in [0, 0.05) is 19.3 Å². The summed E-state index contributed by atoms with van der Waals surface area (Å²) in [6.07, 6.45) is 7.07. The first kappa shape index (κ1) is 14.5. The molecule has 0 amide bonds. The molecule has 1 fully saturated rings. The molecule has 2 unspecified atom stereocenters. The maximum atomic E-state index is 9.49. The number of hydrogen-bond donors (Lipinski definition) is 2. The van der Waals surface area contributed by atoms with Gasteiger partial charge in [0.05, 0.1) is 11.4 Å². The first-order valence-electron chi connectivity index (χ1n) is 8.03. The first-order valence-corrected chi connectivity index (χ1v) is 8.03. The number of pyridine rings is 1. The third-order valence-electron chi connectivity index (χ3n) is 4.83. The second-order valence-electron chi connectivity index (χ2n) is 6.19. The molecule has 0 bridgehead atoms. The monoisotopic (exact) mass is 287 g/mol. The van der Waals surface area contributed by atoms with Gasteiger partial charge in [0.1, 0.15) is 5.65 Å². The molecule has 0 aliphatic heterocycles. The molecule has 4 heteroatoms. The molecule has 0 spiro atoms. The van der Waals surface area contributed by atoms with E-state index in [4.69, 9.17) is 0 Å². The van der Waals surface area contributed by atoms with Crippen LogP contribution in [0.5, 0.6) is 0 Å². The van der Waals surface area contributed by atoms with Crippen LogP contribution in [0.15, 0.2) is 24.4 Å². The SMILES string of the molecule is Cc1nc2ccccn2c1CNCC1CCCCC1CO. The van der Waals surface area contributed by atoms with Gasteiger partial charge < -0.3 is 14.8 Å². The highest BCUT2D eigenvalue weighted by Crippen LogP contribution is 2.29. The molecular weight excluding hydrogens is 262 g/mol. The van der Waals surface area contributed by atoms with Crippen LogP contribution in [-0.2, 0) is 6.54 Å². The second kappa shape index (κ2) is 6.58. The lowest BCUT2D eigenvalue weighted by Gasteiger charge is -2.30. The van der Waals surface area contributed by atoms with Crippen molar-refractivity contribution in [1.82, 2.24) is 14.7 Å². The summed E-state index contributed by atoms with van der Waals surface area (Å²) in [5.74, 6) is 1.10. The summed E-state index contributed by atoms with van der Waals surface area (Å²) in [5.41, 5.74) is 3.34. The third-order valence-corrected chi connectivity index (χ3v) is 4.83. The third kappa shape index (κ3) is 3.11. The molecule has 0 saturated heterocycles. The van der Waals surface area contributed by atoms with Crippen LogP contribution >= 0.6 is 0 Å². The van der Waals surface area contributed by atoms with E-state index in [2.05, 4.69) is 27.8 Å². The van der Waals surface area contributed by atoms with Gasteiger partial charge in [-0.1, -0.05) is 18.9 Å². The van der Waals surface area contributed by atoms with Crippen molar-refractivity contribution in [2.75, 3.05) is 13.2 Å². The quantitative estimate of drug-likeness (QED) is 0.888. The van der Waals surface area contributed by atoms with Gasteiger partial charge in [0.2, 0.25) is 0 Å². The van der Waals surface area contributed by atoms with Crippen molar-refractivity contribution in [3.8, 4) is 0 Å². The van der Waals surface area contributed by atoms with Gasteiger partial charge in [-0.3, -0.25) is 0 Å². The smallest absolute Gasteiger partial charge is 0.137 e. The zero-order chi connectivity index (χ0) is 14.7. The van der Waals surface area contributed by atoms with Crippen LogP contribution in [0.2, 0.25) is 0 Å². The number of aliphatic hydroxyl groups is 1. The van der Waals surface area contributed by atoms with Crippen LogP contribution in [0.3, 0.4) is 0 Å². The summed E-state index contributed by atoms with van der Waals surface area (Å²) < 4.78 is 2.16. The number of aryl methyl sites for hydroxylation is 1. The fraction of sp³-hybridized carbons (Fsp3) is 0.588. The molecule has 2 atom stereocenters. The van der Waals surface area contributed by atoms with Crippen molar-refractivity contribution >= 4 is 5.65 Å². The van der Waals surface area contributed by atoms with Crippen LogP contribution in [-0.4, -0.2) is 27.6 Å². The van der Waals surface area contributed by atoms with Crippen LogP contribution in [0.1, 0.15) is 37.1 Å². The van der Waals surface area contributed by atoms with E-state index in [1.165, 1.54) is 31.4 Å². The standard InChI is InChI=1S/C17H25N3O/c1-13-16(20-9-5-4-8-17(20)19-13)11-18-10-14-6-2-3-7-15(14)12-21/h4-5,8-9,14-15,18,21H,2-3,6-7,10-12H2,1H3. The molecule has 2 aromatic heterocycles. The van der Waals surface area contributed by atoms with Crippen molar-refractivity contribution in [3.63, 3.8) is 0 Å². The molecule has 1 saturated carbocycles. The number of hydrogen-bond acceptors (Lipinski definition) is 3. The molecule has 1 aliphatic carbocycles. The molecule has 21 heavy (non-hydrogen) atoms. The molecule has 0 aromatic carbocycles. The Morgan fingerprint density at radius 2 is 2.10 bits per heavy atom. The first-order chi connectivity index (χ1) is 10.3. The Kier molecular flexibility index (Phi) is 4.56.